The van der Waals surface area contributed by atoms with E-state index in [1.165, 1.54) is 16.8 Å². The highest BCUT2D eigenvalue weighted by Crippen LogP contribution is 2.32. The molecule has 10 heteroatoms. The molecule has 2 aliphatic rings. The highest BCUT2D eigenvalue weighted by Gasteiger charge is 2.41. The van der Waals surface area contributed by atoms with Gasteiger partial charge < -0.3 is 15.5 Å². The Labute approximate surface area is 165 Å². The van der Waals surface area contributed by atoms with Gasteiger partial charge in [-0.15, -0.1) is 10.2 Å². The van der Waals surface area contributed by atoms with Gasteiger partial charge in [0, 0.05) is 25.1 Å². The number of carbonyl (C=O) groups is 3. The van der Waals surface area contributed by atoms with Crippen molar-refractivity contribution in [2.75, 3.05) is 17.2 Å². The first-order valence-corrected chi connectivity index (χ1v) is 9.92. The van der Waals surface area contributed by atoms with E-state index in [1.54, 1.807) is 17.9 Å². The summed E-state index contributed by atoms with van der Waals surface area (Å²) >= 11 is 1.22. The summed E-state index contributed by atoms with van der Waals surface area (Å²) < 4.78 is 0. The molecule has 0 saturated carbocycles. The van der Waals surface area contributed by atoms with E-state index >= 15 is 0 Å². The molecular weight excluding hydrogens is 380 g/mol. The lowest BCUT2D eigenvalue weighted by atomic mass is 9.95. The van der Waals surface area contributed by atoms with Crippen molar-refractivity contribution in [1.82, 2.24) is 20.4 Å². The molecule has 0 bridgehead atoms. The number of fused-ring (bicyclic) bond motifs is 1. The number of likely N-dealkylation sites (tertiary alicyclic amines) is 1. The molecular formula is C18H20N6O3S. The van der Waals surface area contributed by atoms with Crippen molar-refractivity contribution in [3.8, 4) is 0 Å². The number of nitrogens with one attached hydrogen (secondary N) is 3. The first kappa shape index (κ1) is 18.4. The summed E-state index contributed by atoms with van der Waals surface area (Å²) in [6.45, 7) is 2.04. The summed E-state index contributed by atoms with van der Waals surface area (Å²) in [5.41, 5.74) is 2.17. The summed E-state index contributed by atoms with van der Waals surface area (Å²) in [4.78, 5) is 39.3. The van der Waals surface area contributed by atoms with Gasteiger partial charge in [0.25, 0.3) is 5.91 Å². The lowest BCUT2D eigenvalue weighted by molar-refractivity contribution is -0.137. The van der Waals surface area contributed by atoms with Crippen LogP contribution in [0.25, 0.3) is 0 Å². The quantitative estimate of drug-likeness (QED) is 0.718. The Morgan fingerprint density at radius 3 is 2.89 bits per heavy atom. The number of benzene rings is 1. The molecule has 9 nitrogen and oxygen atoms in total. The molecule has 1 aromatic carbocycles. The SMILES string of the molecule is C[C@@H](C(=O)Nc1nncs1)N1CC[C@@]2(CCC1=O)NC(=O)c1ccccc1N2. The van der Waals surface area contributed by atoms with Gasteiger partial charge in [-0.2, -0.15) is 0 Å². The average Bonchev–Trinajstić information content (AvgIpc) is 3.14. The minimum Gasteiger partial charge on any atom is -0.362 e. The summed E-state index contributed by atoms with van der Waals surface area (Å²) in [5, 5.41) is 17.0. The van der Waals surface area contributed by atoms with Crippen molar-refractivity contribution in [3.63, 3.8) is 0 Å². The van der Waals surface area contributed by atoms with E-state index in [2.05, 4.69) is 26.1 Å². The zero-order chi connectivity index (χ0) is 19.7. The standard InChI is InChI=1S/C18H20N6O3S/c1-11(15(26)20-17-23-19-10-28-17)24-9-8-18(7-6-14(24)25)21-13-5-3-2-4-12(13)16(27)22-18/h2-5,10-11,21H,6-9H2,1H3,(H,22,27)(H,20,23,26)/t11-,18+/m0/s1. The molecule has 1 spiro atoms. The molecule has 3 N–H and O–H groups in total. The second-order valence-electron chi connectivity index (χ2n) is 6.95. The maximum Gasteiger partial charge on any atom is 0.255 e. The Morgan fingerprint density at radius 2 is 2.11 bits per heavy atom. The largest absolute Gasteiger partial charge is 0.362 e. The van der Waals surface area contributed by atoms with Crippen LogP contribution in [-0.4, -0.2) is 51.1 Å². The third-order valence-electron chi connectivity index (χ3n) is 5.20. The Morgan fingerprint density at radius 1 is 1.29 bits per heavy atom. The number of aromatic nitrogens is 2. The number of hydrogen-bond acceptors (Lipinski definition) is 7. The van der Waals surface area contributed by atoms with E-state index in [1.807, 2.05) is 18.2 Å². The predicted octanol–water partition coefficient (Wildman–Crippen LogP) is 1.43. The minimum absolute atomic E-state index is 0.119. The maximum atomic E-state index is 12.7. The fourth-order valence-corrected chi connectivity index (χ4v) is 4.08. The van der Waals surface area contributed by atoms with Crippen molar-refractivity contribution >= 4 is 39.9 Å². The second kappa shape index (κ2) is 7.19. The lowest BCUT2D eigenvalue weighted by Crippen LogP contribution is -2.58. The number of hydrogen-bond donors (Lipinski definition) is 3. The number of amides is 3. The van der Waals surface area contributed by atoms with Crippen LogP contribution in [0.15, 0.2) is 29.8 Å². The third kappa shape index (κ3) is 3.42. The smallest absolute Gasteiger partial charge is 0.255 e. The maximum absolute atomic E-state index is 12.7. The number of para-hydroxylation sites is 1. The Balaban J connectivity index is 1.49. The van der Waals surface area contributed by atoms with Crippen LogP contribution < -0.4 is 16.0 Å². The minimum atomic E-state index is -0.703. The fourth-order valence-electron chi connectivity index (χ4n) is 3.63. The van der Waals surface area contributed by atoms with E-state index in [0.717, 1.165) is 5.69 Å². The van der Waals surface area contributed by atoms with Crippen LogP contribution in [0.4, 0.5) is 10.8 Å². The zero-order valence-electron chi connectivity index (χ0n) is 15.3. The van der Waals surface area contributed by atoms with Gasteiger partial charge in [0.15, 0.2) is 0 Å². The van der Waals surface area contributed by atoms with Gasteiger partial charge in [0.2, 0.25) is 16.9 Å². The number of anilines is 2. The monoisotopic (exact) mass is 400 g/mol. The van der Waals surface area contributed by atoms with Crippen molar-refractivity contribution in [1.29, 1.82) is 0 Å². The topological polar surface area (TPSA) is 116 Å². The van der Waals surface area contributed by atoms with Gasteiger partial charge in [0.05, 0.1) is 5.56 Å². The molecule has 2 aliphatic heterocycles. The van der Waals surface area contributed by atoms with Crippen LogP contribution >= 0.6 is 11.3 Å². The normalized spacial score (nSPS) is 22.7. The lowest BCUT2D eigenvalue weighted by Gasteiger charge is -2.40. The third-order valence-corrected chi connectivity index (χ3v) is 5.81. The van der Waals surface area contributed by atoms with Crippen LogP contribution in [-0.2, 0) is 9.59 Å². The number of rotatable bonds is 3. The van der Waals surface area contributed by atoms with Gasteiger partial charge in [-0.3, -0.25) is 19.7 Å². The molecule has 3 heterocycles. The van der Waals surface area contributed by atoms with Crippen molar-refractivity contribution in [2.45, 2.75) is 37.9 Å². The first-order chi connectivity index (χ1) is 13.5. The predicted molar refractivity (Wildman–Crippen MR) is 104 cm³/mol. The van der Waals surface area contributed by atoms with Crippen molar-refractivity contribution in [2.24, 2.45) is 0 Å². The van der Waals surface area contributed by atoms with E-state index in [9.17, 15) is 14.4 Å². The van der Waals surface area contributed by atoms with Gasteiger partial charge in [0.1, 0.15) is 17.2 Å². The van der Waals surface area contributed by atoms with Crippen LogP contribution in [0.2, 0.25) is 0 Å². The first-order valence-electron chi connectivity index (χ1n) is 9.04. The summed E-state index contributed by atoms with van der Waals surface area (Å²) in [5.74, 6) is -0.587. The molecule has 0 unspecified atom stereocenters. The summed E-state index contributed by atoms with van der Waals surface area (Å²) in [7, 11) is 0. The highest BCUT2D eigenvalue weighted by atomic mass is 32.1. The van der Waals surface area contributed by atoms with Crippen LogP contribution in [0.5, 0.6) is 0 Å². The van der Waals surface area contributed by atoms with Gasteiger partial charge in [-0.25, -0.2) is 0 Å². The van der Waals surface area contributed by atoms with Crippen molar-refractivity contribution in [3.05, 3.63) is 35.3 Å². The number of nitrogens with zero attached hydrogens (tertiary/aromatic N) is 3. The molecule has 0 radical (unpaired) electrons. The van der Waals surface area contributed by atoms with Gasteiger partial charge in [-0.05, 0) is 25.5 Å². The Kier molecular flexibility index (Phi) is 4.71. The molecule has 28 heavy (non-hydrogen) atoms. The Hall–Kier alpha value is -3.01. The highest BCUT2D eigenvalue weighted by molar-refractivity contribution is 7.13. The van der Waals surface area contributed by atoms with E-state index < -0.39 is 11.7 Å². The molecule has 3 amide bonds. The Bertz CT molecular complexity index is 918. The summed E-state index contributed by atoms with van der Waals surface area (Å²) in [6.07, 6.45) is 1.17. The molecule has 1 saturated heterocycles. The van der Waals surface area contributed by atoms with Crippen LogP contribution in [0, 0.1) is 0 Å². The number of carbonyl (C=O) groups excluding carboxylic acids is 3. The average molecular weight is 400 g/mol. The molecule has 4 rings (SSSR count). The fraction of sp³-hybridized carbons (Fsp3) is 0.389. The van der Waals surface area contributed by atoms with E-state index in [-0.39, 0.29) is 24.1 Å². The molecule has 1 fully saturated rings. The molecule has 1 aromatic heterocycles. The van der Waals surface area contributed by atoms with E-state index in [4.69, 9.17) is 0 Å². The summed E-state index contributed by atoms with van der Waals surface area (Å²) in [6, 6.07) is 6.65. The second-order valence-corrected chi connectivity index (χ2v) is 7.79. The van der Waals surface area contributed by atoms with Gasteiger partial charge >= 0.3 is 0 Å². The van der Waals surface area contributed by atoms with Crippen LogP contribution in [0.3, 0.4) is 0 Å². The molecule has 2 aromatic rings. The van der Waals surface area contributed by atoms with Gasteiger partial charge in [-0.1, -0.05) is 23.5 Å². The van der Waals surface area contributed by atoms with Crippen molar-refractivity contribution < 1.29 is 14.4 Å². The molecule has 0 aliphatic carbocycles. The molecule has 2 atom stereocenters. The van der Waals surface area contributed by atoms with E-state index in [0.29, 0.717) is 30.1 Å². The molecule has 146 valence electrons. The van der Waals surface area contributed by atoms with Crippen LogP contribution in [0.1, 0.15) is 36.5 Å². The zero-order valence-corrected chi connectivity index (χ0v) is 16.1.